The van der Waals surface area contributed by atoms with E-state index in [1.54, 1.807) is 48.5 Å². The minimum absolute atomic E-state index is 0.172. The summed E-state index contributed by atoms with van der Waals surface area (Å²) in [6.45, 7) is 5.59. The quantitative estimate of drug-likeness (QED) is 0.0958. The van der Waals surface area contributed by atoms with Crippen LogP contribution in [-0.4, -0.2) is 35.9 Å². The number of benzene rings is 4. The molecule has 9 nitrogen and oxygen atoms in total. The van der Waals surface area contributed by atoms with Crippen LogP contribution < -0.4 is 4.90 Å². The SMILES string of the molecule is CCN(CCOC(=O)CCC(C)(c1ccc(O)cc1)c1ccc(O)cc1)c1ccc(N=Nc2ccc(N=O)cc2)cc1. The van der Waals surface area contributed by atoms with Gasteiger partial charge in [0, 0.05) is 24.1 Å². The summed E-state index contributed by atoms with van der Waals surface area (Å²) in [5.41, 5.74) is 4.00. The number of rotatable bonds is 13. The maximum atomic E-state index is 12.8. The number of esters is 1. The summed E-state index contributed by atoms with van der Waals surface area (Å²) in [5, 5.41) is 30.8. The van der Waals surface area contributed by atoms with Gasteiger partial charge in [-0.2, -0.15) is 10.2 Å². The summed E-state index contributed by atoms with van der Waals surface area (Å²) in [7, 11) is 0. The van der Waals surface area contributed by atoms with Crippen molar-refractivity contribution in [3.8, 4) is 11.5 Å². The van der Waals surface area contributed by atoms with Crippen LogP contribution in [0.2, 0.25) is 0 Å². The van der Waals surface area contributed by atoms with Crippen LogP contribution in [0.15, 0.2) is 112 Å². The van der Waals surface area contributed by atoms with Crippen molar-refractivity contribution >= 4 is 28.7 Å². The molecule has 2 N–H and O–H groups in total. The lowest BCUT2D eigenvalue weighted by molar-refractivity contribution is -0.143. The third-order valence-electron chi connectivity index (χ3n) is 7.29. The molecular weight excluding hydrogens is 532 g/mol. The van der Waals surface area contributed by atoms with Gasteiger partial charge in [0.15, 0.2) is 0 Å². The molecule has 0 atom stereocenters. The second-order valence-corrected chi connectivity index (χ2v) is 10.1. The molecule has 4 aromatic rings. The van der Waals surface area contributed by atoms with Crippen molar-refractivity contribution in [2.45, 2.75) is 32.1 Å². The van der Waals surface area contributed by atoms with Crippen LogP contribution in [0.5, 0.6) is 11.5 Å². The number of hydrogen-bond donors (Lipinski definition) is 2. The molecule has 0 heterocycles. The molecule has 0 aliphatic carbocycles. The monoisotopic (exact) mass is 566 g/mol. The Bertz CT molecular complexity index is 1440. The number of phenols is 2. The molecule has 0 saturated heterocycles. The van der Waals surface area contributed by atoms with Gasteiger partial charge in [0.2, 0.25) is 0 Å². The van der Waals surface area contributed by atoms with E-state index in [9.17, 15) is 19.9 Å². The number of hydrogen-bond acceptors (Lipinski definition) is 9. The highest BCUT2D eigenvalue weighted by atomic mass is 16.5. The first-order valence-electron chi connectivity index (χ1n) is 13.8. The second kappa shape index (κ2) is 14.0. The number of aromatic hydroxyl groups is 2. The summed E-state index contributed by atoms with van der Waals surface area (Å²) >= 11 is 0. The molecule has 42 heavy (non-hydrogen) atoms. The number of ether oxygens (including phenoxy) is 1. The van der Waals surface area contributed by atoms with Gasteiger partial charge < -0.3 is 19.8 Å². The average Bonchev–Trinajstić information content (AvgIpc) is 3.02. The van der Waals surface area contributed by atoms with Crippen molar-refractivity contribution in [2.24, 2.45) is 15.4 Å². The maximum absolute atomic E-state index is 12.8. The van der Waals surface area contributed by atoms with E-state index in [1.807, 2.05) is 62.4 Å². The summed E-state index contributed by atoms with van der Waals surface area (Å²) in [4.78, 5) is 25.4. The summed E-state index contributed by atoms with van der Waals surface area (Å²) < 4.78 is 5.61. The minimum atomic E-state index is -0.523. The minimum Gasteiger partial charge on any atom is -0.508 e. The van der Waals surface area contributed by atoms with Crippen LogP contribution in [0.25, 0.3) is 0 Å². The summed E-state index contributed by atoms with van der Waals surface area (Å²) in [5.74, 6) is 0.0550. The lowest BCUT2D eigenvalue weighted by Gasteiger charge is -2.31. The van der Waals surface area contributed by atoms with Crippen LogP contribution in [-0.2, 0) is 14.9 Å². The molecule has 9 heteroatoms. The molecule has 0 bridgehead atoms. The van der Waals surface area contributed by atoms with E-state index in [0.29, 0.717) is 30.0 Å². The molecule has 0 amide bonds. The first-order valence-corrected chi connectivity index (χ1v) is 13.8. The highest BCUT2D eigenvalue weighted by Gasteiger charge is 2.30. The number of likely N-dealkylation sites (N-methyl/N-ethyl adjacent to an activating group) is 1. The van der Waals surface area contributed by atoms with Crippen molar-refractivity contribution < 1.29 is 19.7 Å². The van der Waals surface area contributed by atoms with Crippen molar-refractivity contribution in [2.75, 3.05) is 24.6 Å². The molecule has 0 aliphatic heterocycles. The summed E-state index contributed by atoms with van der Waals surface area (Å²) in [6.07, 6.45) is 0.700. The van der Waals surface area contributed by atoms with Crippen LogP contribution in [0.4, 0.5) is 22.7 Å². The molecule has 4 rings (SSSR count). The maximum Gasteiger partial charge on any atom is 0.305 e. The van der Waals surface area contributed by atoms with Crippen LogP contribution in [0.1, 0.15) is 37.8 Å². The Balaban J connectivity index is 1.31. The predicted molar refractivity (Wildman–Crippen MR) is 163 cm³/mol. The lowest BCUT2D eigenvalue weighted by atomic mass is 9.73. The van der Waals surface area contributed by atoms with E-state index in [4.69, 9.17) is 4.74 Å². The molecule has 216 valence electrons. The number of phenolic OH excluding ortho intramolecular Hbond substituents is 2. The average molecular weight is 567 g/mol. The van der Waals surface area contributed by atoms with Crippen molar-refractivity contribution in [3.63, 3.8) is 0 Å². The largest absolute Gasteiger partial charge is 0.508 e. The Morgan fingerprint density at radius 1 is 0.762 bits per heavy atom. The molecule has 0 saturated carbocycles. The standard InChI is InChI=1S/C33H34N4O5/c1-3-37(29-14-12-27(13-15-29)35-34-26-8-10-28(36-41)11-9-26)22-23-42-32(40)20-21-33(2,24-4-16-30(38)17-5-24)25-6-18-31(39)19-7-25/h4-19,38-39H,3,20-23H2,1-2H3. The van der Waals surface area contributed by atoms with Gasteiger partial charge in [0.1, 0.15) is 23.8 Å². The van der Waals surface area contributed by atoms with Crippen LogP contribution in [0, 0.1) is 4.91 Å². The van der Waals surface area contributed by atoms with Gasteiger partial charge in [0.05, 0.1) is 17.9 Å². The number of carbonyl (C=O) groups is 1. The third kappa shape index (κ3) is 7.78. The van der Waals surface area contributed by atoms with Gasteiger partial charge in [-0.1, -0.05) is 31.2 Å². The molecular formula is C33H34N4O5. The Hall–Kier alpha value is -5.05. The van der Waals surface area contributed by atoms with E-state index in [0.717, 1.165) is 23.4 Å². The predicted octanol–water partition coefficient (Wildman–Crippen LogP) is 8.07. The Morgan fingerprint density at radius 2 is 1.24 bits per heavy atom. The Morgan fingerprint density at radius 3 is 1.71 bits per heavy atom. The van der Waals surface area contributed by atoms with Gasteiger partial charge in [-0.25, -0.2) is 0 Å². The van der Waals surface area contributed by atoms with E-state index in [-0.39, 0.29) is 30.5 Å². The van der Waals surface area contributed by atoms with E-state index >= 15 is 0 Å². The zero-order valence-corrected chi connectivity index (χ0v) is 23.7. The number of nitrogens with zero attached hydrogens (tertiary/aromatic N) is 4. The van der Waals surface area contributed by atoms with E-state index in [2.05, 4.69) is 20.3 Å². The van der Waals surface area contributed by atoms with Crippen molar-refractivity contribution in [1.82, 2.24) is 0 Å². The summed E-state index contributed by atoms with van der Waals surface area (Å²) in [6, 6.07) is 28.1. The van der Waals surface area contributed by atoms with Gasteiger partial charge in [0.25, 0.3) is 0 Å². The third-order valence-corrected chi connectivity index (χ3v) is 7.29. The second-order valence-electron chi connectivity index (χ2n) is 10.1. The highest BCUT2D eigenvalue weighted by molar-refractivity contribution is 5.70. The fraction of sp³-hybridized carbons (Fsp3) is 0.242. The fourth-order valence-corrected chi connectivity index (χ4v) is 4.70. The first-order chi connectivity index (χ1) is 20.3. The Labute approximate surface area is 245 Å². The van der Waals surface area contributed by atoms with Crippen molar-refractivity contribution in [1.29, 1.82) is 0 Å². The van der Waals surface area contributed by atoms with Gasteiger partial charge >= 0.3 is 5.97 Å². The molecule has 0 radical (unpaired) electrons. The molecule has 0 aromatic heterocycles. The molecule has 0 fully saturated rings. The molecule has 0 spiro atoms. The molecule has 0 aliphatic rings. The van der Waals surface area contributed by atoms with Gasteiger partial charge in [-0.15, -0.1) is 4.91 Å². The first kappa shape index (κ1) is 29.9. The number of carbonyl (C=O) groups excluding carboxylic acids is 1. The van der Waals surface area contributed by atoms with Gasteiger partial charge in [-0.05, 0) is 102 Å². The fourth-order valence-electron chi connectivity index (χ4n) is 4.70. The van der Waals surface area contributed by atoms with E-state index in [1.165, 1.54) is 0 Å². The lowest BCUT2D eigenvalue weighted by Crippen LogP contribution is -2.29. The van der Waals surface area contributed by atoms with Crippen LogP contribution in [0.3, 0.4) is 0 Å². The zero-order chi connectivity index (χ0) is 30.0. The Kier molecular flexibility index (Phi) is 9.99. The topological polar surface area (TPSA) is 124 Å². The van der Waals surface area contributed by atoms with Crippen molar-refractivity contribution in [3.05, 3.63) is 113 Å². The van der Waals surface area contributed by atoms with E-state index < -0.39 is 5.41 Å². The smallest absolute Gasteiger partial charge is 0.305 e. The molecule has 4 aromatic carbocycles. The highest BCUT2D eigenvalue weighted by Crippen LogP contribution is 2.38. The van der Waals surface area contributed by atoms with Gasteiger partial charge in [-0.3, -0.25) is 4.79 Å². The van der Waals surface area contributed by atoms with Crippen LogP contribution >= 0.6 is 0 Å². The number of azo groups is 1. The number of anilines is 1. The normalized spacial score (nSPS) is 11.4. The number of nitroso groups, excluding NO2 is 1. The molecule has 0 unspecified atom stereocenters. The zero-order valence-electron chi connectivity index (χ0n) is 23.7.